The van der Waals surface area contributed by atoms with Gasteiger partial charge in [-0.05, 0) is 55.5 Å². The lowest BCUT2D eigenvalue weighted by Gasteiger charge is -2.16. The van der Waals surface area contributed by atoms with Gasteiger partial charge in [0.15, 0.2) is 17.3 Å². The van der Waals surface area contributed by atoms with E-state index < -0.39 is 17.9 Å². The van der Waals surface area contributed by atoms with E-state index in [4.69, 9.17) is 14.6 Å². The average molecular weight is 566 g/mol. The maximum atomic E-state index is 14.0. The van der Waals surface area contributed by atoms with Crippen LogP contribution in [0.1, 0.15) is 54.9 Å². The molecule has 1 N–H and O–H groups in total. The van der Waals surface area contributed by atoms with Crippen LogP contribution in [0.3, 0.4) is 0 Å². The Morgan fingerprint density at radius 2 is 1.95 bits per heavy atom. The molecule has 0 saturated carbocycles. The maximum Gasteiger partial charge on any atom is 0.573 e. The summed E-state index contributed by atoms with van der Waals surface area (Å²) in [6, 6.07) is 6.59. The summed E-state index contributed by atoms with van der Waals surface area (Å²) in [5.74, 6) is -1.62. The zero-order valence-electron chi connectivity index (χ0n) is 22.9. The highest BCUT2D eigenvalue weighted by Gasteiger charge is 2.32. The Morgan fingerprint density at radius 3 is 2.60 bits per heavy atom. The molecule has 0 amide bonds. The second kappa shape index (κ2) is 14.2. The lowest BCUT2D eigenvalue weighted by molar-refractivity contribution is -0.275. The Balaban J connectivity index is 1.64. The summed E-state index contributed by atoms with van der Waals surface area (Å²) in [6.07, 6.45) is 0.237. The number of alkyl halides is 3. The fraction of sp³-hybridized carbons (Fsp3) is 0.448. The number of hydrogen-bond acceptors (Lipinski definition) is 6. The number of methoxy groups -OCH3 is 2. The van der Waals surface area contributed by atoms with Gasteiger partial charge in [-0.15, -0.1) is 13.2 Å². The van der Waals surface area contributed by atoms with Crippen molar-refractivity contribution in [1.82, 2.24) is 15.1 Å². The first-order valence-corrected chi connectivity index (χ1v) is 13.1. The molecule has 0 aliphatic heterocycles. The number of fused-ring (bicyclic) bond motifs is 1. The molecule has 7 nitrogen and oxygen atoms in total. The number of halogens is 4. The Kier molecular flexibility index (Phi) is 10.9. The third-order valence-corrected chi connectivity index (χ3v) is 6.50. The van der Waals surface area contributed by atoms with Crippen LogP contribution in [0.4, 0.5) is 17.6 Å². The number of aromatic nitrogens is 2. The fourth-order valence-electron chi connectivity index (χ4n) is 4.64. The van der Waals surface area contributed by atoms with Crippen molar-refractivity contribution >= 4 is 22.4 Å². The molecule has 3 aromatic rings. The molecule has 0 saturated heterocycles. The van der Waals surface area contributed by atoms with Gasteiger partial charge in [0.1, 0.15) is 5.75 Å². The van der Waals surface area contributed by atoms with Crippen LogP contribution in [-0.4, -0.2) is 49.3 Å². The molecule has 0 radical (unpaired) electrons. The van der Waals surface area contributed by atoms with Gasteiger partial charge < -0.3 is 19.5 Å². The second-order valence-electron chi connectivity index (χ2n) is 9.49. The smallest absolute Gasteiger partial charge is 0.495 e. The van der Waals surface area contributed by atoms with E-state index in [1.165, 1.54) is 0 Å². The minimum absolute atomic E-state index is 0.0126. The quantitative estimate of drug-likeness (QED) is 0.118. The van der Waals surface area contributed by atoms with Gasteiger partial charge in [-0.25, -0.2) is 4.39 Å². The number of ketones is 1. The summed E-state index contributed by atoms with van der Waals surface area (Å²) in [7, 11) is 3.24. The van der Waals surface area contributed by atoms with Crippen LogP contribution in [0.25, 0.3) is 16.6 Å². The molecule has 0 spiro atoms. The molecule has 0 fully saturated rings. The zero-order valence-corrected chi connectivity index (χ0v) is 22.9. The van der Waals surface area contributed by atoms with E-state index in [9.17, 15) is 22.4 Å². The van der Waals surface area contributed by atoms with Gasteiger partial charge in [0.25, 0.3) is 0 Å². The van der Waals surface area contributed by atoms with Gasteiger partial charge >= 0.3 is 6.36 Å². The van der Waals surface area contributed by atoms with Crippen molar-refractivity contribution in [2.24, 2.45) is 5.92 Å². The largest absolute Gasteiger partial charge is 0.573 e. The van der Waals surface area contributed by atoms with Crippen molar-refractivity contribution < 1.29 is 36.6 Å². The molecule has 2 aromatic carbocycles. The molecule has 3 rings (SSSR count). The Hall–Kier alpha value is -3.60. The topological polar surface area (TPSA) is 74.6 Å². The van der Waals surface area contributed by atoms with E-state index in [-0.39, 0.29) is 23.7 Å². The molecule has 1 heterocycles. The number of nitrogens with zero attached hydrogens (tertiary/aromatic N) is 2. The molecular formula is C29H35F4N3O4. The molecule has 1 unspecified atom stereocenters. The normalized spacial score (nSPS) is 12.4. The number of hydrogen-bond donors (Lipinski definition) is 1. The lowest BCUT2D eigenvalue weighted by atomic mass is 9.95. The van der Waals surface area contributed by atoms with Crippen LogP contribution in [0, 0.1) is 11.7 Å². The summed E-state index contributed by atoms with van der Waals surface area (Å²) >= 11 is 0. The maximum absolute atomic E-state index is 14.0. The molecular weight excluding hydrogens is 530 g/mol. The summed E-state index contributed by atoms with van der Waals surface area (Å²) < 4.78 is 67.4. The molecule has 40 heavy (non-hydrogen) atoms. The highest BCUT2D eigenvalue weighted by atomic mass is 19.4. The number of ether oxygens (including phenoxy) is 3. The van der Waals surface area contributed by atoms with E-state index in [1.807, 2.05) is 23.0 Å². The first-order chi connectivity index (χ1) is 19.1. The third kappa shape index (κ3) is 8.45. The number of benzene rings is 2. The summed E-state index contributed by atoms with van der Waals surface area (Å²) in [6.45, 7) is 8.00. The summed E-state index contributed by atoms with van der Waals surface area (Å²) in [5, 5.41) is 8.81. The Labute approximate surface area is 231 Å². The first-order valence-electron chi connectivity index (χ1n) is 13.1. The van der Waals surface area contributed by atoms with Gasteiger partial charge in [0.05, 0.1) is 24.6 Å². The third-order valence-electron chi connectivity index (χ3n) is 6.50. The van der Waals surface area contributed by atoms with Crippen molar-refractivity contribution in [3.8, 4) is 11.5 Å². The minimum atomic E-state index is -5.01. The molecule has 1 atom stereocenters. The predicted octanol–water partition coefficient (Wildman–Crippen LogP) is 6.76. The van der Waals surface area contributed by atoms with Gasteiger partial charge in [-0.2, -0.15) is 5.10 Å². The van der Waals surface area contributed by atoms with Crippen LogP contribution < -0.4 is 14.8 Å². The van der Waals surface area contributed by atoms with Crippen LogP contribution in [0.15, 0.2) is 43.1 Å². The van der Waals surface area contributed by atoms with Crippen LogP contribution >= 0.6 is 0 Å². The number of nitrogens with one attached hydrogen (secondary N) is 1. The SMILES string of the molecule is C=C(NCCOC)c1ccc2nn(CC(CCC)CCCC(=O)c3ccc(OC(F)(F)F)c(F)c3)cc2c1OC. The fourth-order valence-corrected chi connectivity index (χ4v) is 4.64. The second-order valence-corrected chi connectivity index (χ2v) is 9.49. The number of carbonyl (C=O) groups is 1. The van der Waals surface area contributed by atoms with Crippen molar-refractivity contribution in [3.05, 3.63) is 60.1 Å². The van der Waals surface area contributed by atoms with Gasteiger partial charge in [-0.3, -0.25) is 9.48 Å². The van der Waals surface area contributed by atoms with Crippen molar-refractivity contribution in [2.45, 2.75) is 51.9 Å². The number of rotatable bonds is 16. The van der Waals surface area contributed by atoms with Crippen LogP contribution in [0.5, 0.6) is 11.5 Å². The van der Waals surface area contributed by atoms with Crippen molar-refractivity contribution in [1.29, 1.82) is 0 Å². The van der Waals surface area contributed by atoms with E-state index in [0.29, 0.717) is 31.9 Å². The molecule has 0 aliphatic carbocycles. The number of Topliss-reactive ketones (excluding diaryl/α,β-unsaturated/α-hetero) is 1. The summed E-state index contributed by atoms with van der Waals surface area (Å²) in [4.78, 5) is 12.6. The molecule has 218 valence electrons. The molecule has 1 aromatic heterocycles. The van der Waals surface area contributed by atoms with Gasteiger partial charge in [0, 0.05) is 49.6 Å². The molecule has 0 bridgehead atoms. The molecule has 11 heteroatoms. The monoisotopic (exact) mass is 565 g/mol. The highest BCUT2D eigenvalue weighted by Crippen LogP contribution is 2.33. The van der Waals surface area contributed by atoms with Gasteiger partial charge in [0.2, 0.25) is 0 Å². The average Bonchev–Trinajstić information content (AvgIpc) is 3.31. The highest BCUT2D eigenvalue weighted by molar-refractivity contribution is 5.96. The Bertz CT molecular complexity index is 1310. The van der Waals surface area contributed by atoms with Crippen LogP contribution in [-0.2, 0) is 11.3 Å². The molecule has 0 aliphatic rings. The Morgan fingerprint density at radius 1 is 1.18 bits per heavy atom. The lowest BCUT2D eigenvalue weighted by Crippen LogP contribution is -2.18. The predicted molar refractivity (Wildman–Crippen MR) is 145 cm³/mol. The van der Waals surface area contributed by atoms with E-state index in [0.717, 1.165) is 59.6 Å². The van der Waals surface area contributed by atoms with Crippen molar-refractivity contribution in [2.75, 3.05) is 27.4 Å². The summed E-state index contributed by atoms with van der Waals surface area (Å²) in [5.41, 5.74) is 2.36. The van der Waals surface area contributed by atoms with E-state index in [1.54, 1.807) is 14.2 Å². The standard InChI is InChI=1S/C29H35F4N3O4/c1-5-7-20(8-6-9-26(37)21-10-13-27(24(30)16-21)40-29(31,32)33)17-36-18-23-25(35-36)12-11-22(28(23)39-4)19(2)34-14-15-38-3/h10-13,16,18,20,34H,2,5-9,14-15,17H2,1,3-4H3. The van der Waals surface area contributed by atoms with Crippen LogP contribution in [0.2, 0.25) is 0 Å². The van der Waals surface area contributed by atoms with Gasteiger partial charge in [-0.1, -0.05) is 19.9 Å². The minimum Gasteiger partial charge on any atom is -0.495 e. The zero-order chi connectivity index (χ0) is 29.3. The van der Waals surface area contributed by atoms with E-state index in [2.05, 4.69) is 23.6 Å². The van der Waals surface area contributed by atoms with E-state index >= 15 is 0 Å². The number of carbonyl (C=O) groups excluding carboxylic acids is 1. The first kappa shape index (κ1) is 30.9. The van der Waals surface area contributed by atoms with Crippen molar-refractivity contribution in [3.63, 3.8) is 0 Å².